The number of ether oxygens (including phenoxy) is 2. The average Bonchev–Trinajstić information content (AvgIpc) is 2.80. The lowest BCUT2D eigenvalue weighted by atomic mass is 9.98. The number of halogens is 1. The van der Waals surface area contributed by atoms with E-state index in [0.29, 0.717) is 36.3 Å². The zero-order chi connectivity index (χ0) is 21.8. The van der Waals surface area contributed by atoms with Gasteiger partial charge in [-0.1, -0.05) is 25.1 Å². The first kappa shape index (κ1) is 26.5. The Morgan fingerprint density at radius 3 is 2.23 bits per heavy atom. The standard InChI is InChI=1S/C23H32N4O3.HI/c1-17(18-8-10-20(29-3)11-9-18)12-13-26-23(24-2)27-15-14-25-22(28)19-6-5-7-21(16-19)30-4;/h5-11,16-17H,12-15H2,1-4H3,(H,25,28)(H2,24,26,27);1H. The predicted molar refractivity (Wildman–Crippen MR) is 136 cm³/mol. The van der Waals surface area contributed by atoms with Gasteiger partial charge in [-0.2, -0.15) is 0 Å². The largest absolute Gasteiger partial charge is 0.497 e. The lowest BCUT2D eigenvalue weighted by Crippen LogP contribution is -2.42. The summed E-state index contributed by atoms with van der Waals surface area (Å²) in [7, 11) is 4.99. The number of aliphatic imine (C=N–C) groups is 1. The van der Waals surface area contributed by atoms with Crippen LogP contribution < -0.4 is 25.4 Å². The second kappa shape index (κ2) is 14.5. The van der Waals surface area contributed by atoms with Crippen LogP contribution in [0.4, 0.5) is 0 Å². The van der Waals surface area contributed by atoms with E-state index >= 15 is 0 Å². The fourth-order valence-corrected chi connectivity index (χ4v) is 2.95. The van der Waals surface area contributed by atoms with Crippen LogP contribution in [0, 0.1) is 0 Å². The summed E-state index contributed by atoms with van der Waals surface area (Å²) < 4.78 is 10.4. The van der Waals surface area contributed by atoms with Crippen LogP contribution in [0.15, 0.2) is 53.5 Å². The Kier molecular flexibility index (Phi) is 12.4. The van der Waals surface area contributed by atoms with Gasteiger partial charge in [0.25, 0.3) is 5.91 Å². The summed E-state index contributed by atoms with van der Waals surface area (Å²) in [5, 5.41) is 9.41. The van der Waals surface area contributed by atoms with Gasteiger partial charge in [0.1, 0.15) is 11.5 Å². The molecule has 170 valence electrons. The molecule has 0 radical (unpaired) electrons. The van der Waals surface area contributed by atoms with Crippen LogP contribution in [0.3, 0.4) is 0 Å². The third kappa shape index (κ3) is 9.04. The predicted octanol–water partition coefficient (Wildman–Crippen LogP) is 3.41. The van der Waals surface area contributed by atoms with Gasteiger partial charge in [0.15, 0.2) is 5.96 Å². The summed E-state index contributed by atoms with van der Waals surface area (Å²) in [6.45, 7) is 4.05. The van der Waals surface area contributed by atoms with Crippen LogP contribution in [0.1, 0.15) is 35.2 Å². The highest BCUT2D eigenvalue weighted by atomic mass is 127. The van der Waals surface area contributed by atoms with E-state index in [1.165, 1.54) is 5.56 Å². The van der Waals surface area contributed by atoms with Crippen molar-refractivity contribution in [1.29, 1.82) is 0 Å². The Labute approximate surface area is 202 Å². The number of carbonyl (C=O) groups is 1. The molecular formula is C23H33IN4O3. The topological polar surface area (TPSA) is 84.0 Å². The number of nitrogens with zero attached hydrogens (tertiary/aromatic N) is 1. The molecule has 2 aromatic carbocycles. The fraction of sp³-hybridized carbons (Fsp3) is 0.391. The van der Waals surface area contributed by atoms with Crippen LogP contribution in [0.2, 0.25) is 0 Å². The first-order chi connectivity index (χ1) is 14.6. The van der Waals surface area contributed by atoms with Gasteiger partial charge in [0.05, 0.1) is 14.2 Å². The molecule has 0 aliphatic heterocycles. The lowest BCUT2D eigenvalue weighted by molar-refractivity contribution is 0.0954. The van der Waals surface area contributed by atoms with Crippen molar-refractivity contribution in [3.63, 3.8) is 0 Å². The maximum atomic E-state index is 12.2. The summed E-state index contributed by atoms with van der Waals surface area (Å²) in [6, 6.07) is 15.2. The SMILES string of the molecule is CN=C(NCCNC(=O)c1cccc(OC)c1)NCCC(C)c1ccc(OC)cc1.I. The molecule has 1 unspecified atom stereocenters. The van der Waals surface area contributed by atoms with Crippen molar-refractivity contribution < 1.29 is 14.3 Å². The van der Waals surface area contributed by atoms with Gasteiger partial charge < -0.3 is 25.4 Å². The number of guanidine groups is 1. The van der Waals surface area contributed by atoms with Gasteiger partial charge in [-0.3, -0.25) is 9.79 Å². The molecule has 7 nitrogen and oxygen atoms in total. The molecule has 2 rings (SSSR count). The maximum Gasteiger partial charge on any atom is 0.251 e. The van der Waals surface area contributed by atoms with Gasteiger partial charge in [0.2, 0.25) is 0 Å². The molecule has 0 aromatic heterocycles. The summed E-state index contributed by atoms with van der Waals surface area (Å²) in [5.41, 5.74) is 1.85. The van der Waals surface area contributed by atoms with Gasteiger partial charge in [-0.05, 0) is 48.2 Å². The number of amides is 1. The number of hydrogen-bond donors (Lipinski definition) is 3. The molecular weight excluding hydrogens is 507 g/mol. The second-order valence-electron chi connectivity index (χ2n) is 6.88. The molecule has 0 spiro atoms. The summed E-state index contributed by atoms with van der Waals surface area (Å²) in [4.78, 5) is 16.4. The molecule has 1 amide bonds. The first-order valence-electron chi connectivity index (χ1n) is 10.1. The highest BCUT2D eigenvalue weighted by Gasteiger charge is 2.08. The van der Waals surface area contributed by atoms with Crippen molar-refractivity contribution in [3.8, 4) is 11.5 Å². The number of benzene rings is 2. The minimum absolute atomic E-state index is 0. The van der Waals surface area contributed by atoms with E-state index in [1.54, 1.807) is 39.5 Å². The zero-order valence-electron chi connectivity index (χ0n) is 18.6. The van der Waals surface area contributed by atoms with E-state index in [1.807, 2.05) is 18.2 Å². The van der Waals surface area contributed by atoms with Gasteiger partial charge >= 0.3 is 0 Å². The lowest BCUT2D eigenvalue weighted by Gasteiger charge is -2.15. The Hall–Kier alpha value is -2.49. The molecule has 1 atom stereocenters. The van der Waals surface area contributed by atoms with Crippen molar-refractivity contribution >= 4 is 35.8 Å². The molecule has 0 aliphatic rings. The molecule has 8 heteroatoms. The quantitative estimate of drug-likeness (QED) is 0.186. The smallest absolute Gasteiger partial charge is 0.251 e. The Morgan fingerprint density at radius 1 is 0.935 bits per heavy atom. The van der Waals surface area contributed by atoms with Crippen LogP contribution in [-0.4, -0.2) is 52.8 Å². The molecule has 2 aromatic rings. The van der Waals surface area contributed by atoms with Gasteiger partial charge in [-0.25, -0.2) is 0 Å². The van der Waals surface area contributed by atoms with Crippen molar-refractivity contribution in [2.24, 2.45) is 4.99 Å². The normalized spacial score (nSPS) is 11.7. The minimum Gasteiger partial charge on any atom is -0.497 e. The van der Waals surface area contributed by atoms with E-state index in [4.69, 9.17) is 9.47 Å². The molecule has 0 saturated carbocycles. The van der Waals surface area contributed by atoms with E-state index < -0.39 is 0 Å². The Morgan fingerprint density at radius 2 is 1.58 bits per heavy atom. The highest BCUT2D eigenvalue weighted by molar-refractivity contribution is 14.0. The molecule has 31 heavy (non-hydrogen) atoms. The number of methoxy groups -OCH3 is 2. The first-order valence-corrected chi connectivity index (χ1v) is 10.1. The van der Waals surface area contributed by atoms with Gasteiger partial charge in [0, 0.05) is 32.2 Å². The van der Waals surface area contributed by atoms with Crippen LogP contribution in [-0.2, 0) is 0 Å². The number of nitrogens with one attached hydrogen (secondary N) is 3. The molecule has 0 bridgehead atoms. The van der Waals surface area contributed by atoms with Crippen molar-refractivity contribution in [3.05, 3.63) is 59.7 Å². The molecule has 3 N–H and O–H groups in total. The number of hydrogen-bond acceptors (Lipinski definition) is 4. The molecule has 0 aliphatic carbocycles. The highest BCUT2D eigenvalue weighted by Crippen LogP contribution is 2.21. The Bertz CT molecular complexity index is 828. The number of rotatable bonds is 10. The fourth-order valence-electron chi connectivity index (χ4n) is 2.95. The monoisotopic (exact) mass is 540 g/mol. The zero-order valence-corrected chi connectivity index (χ0v) is 20.9. The maximum absolute atomic E-state index is 12.2. The van der Waals surface area contributed by atoms with Crippen molar-refractivity contribution in [2.75, 3.05) is 40.9 Å². The van der Waals surface area contributed by atoms with E-state index in [9.17, 15) is 4.79 Å². The van der Waals surface area contributed by atoms with Gasteiger partial charge in [-0.15, -0.1) is 24.0 Å². The Balaban J connectivity index is 0.00000480. The molecule has 0 heterocycles. The van der Waals surface area contributed by atoms with E-state index in [2.05, 4.69) is 40.0 Å². The van der Waals surface area contributed by atoms with E-state index in [-0.39, 0.29) is 29.9 Å². The van der Waals surface area contributed by atoms with Crippen molar-refractivity contribution in [1.82, 2.24) is 16.0 Å². The van der Waals surface area contributed by atoms with Crippen LogP contribution in [0.25, 0.3) is 0 Å². The van der Waals surface area contributed by atoms with E-state index in [0.717, 1.165) is 18.7 Å². The van der Waals surface area contributed by atoms with Crippen molar-refractivity contribution in [2.45, 2.75) is 19.3 Å². The summed E-state index contributed by atoms with van der Waals surface area (Å²) >= 11 is 0. The number of carbonyl (C=O) groups excluding carboxylic acids is 1. The second-order valence-corrected chi connectivity index (χ2v) is 6.88. The minimum atomic E-state index is -0.132. The summed E-state index contributed by atoms with van der Waals surface area (Å²) in [6.07, 6.45) is 0.972. The third-order valence-corrected chi connectivity index (χ3v) is 4.81. The summed E-state index contributed by atoms with van der Waals surface area (Å²) in [5.74, 6) is 2.53. The van der Waals surface area contributed by atoms with Crippen LogP contribution >= 0.6 is 24.0 Å². The van der Waals surface area contributed by atoms with Crippen LogP contribution in [0.5, 0.6) is 11.5 Å². The molecule has 0 fully saturated rings. The molecule has 0 saturated heterocycles. The average molecular weight is 540 g/mol. The third-order valence-electron chi connectivity index (χ3n) is 4.81.